The molecule has 1 aliphatic carbocycles. The summed E-state index contributed by atoms with van der Waals surface area (Å²) in [7, 11) is 0. The highest BCUT2D eigenvalue weighted by Gasteiger charge is 2.52. The van der Waals surface area contributed by atoms with Gasteiger partial charge >= 0.3 is 0 Å². The van der Waals surface area contributed by atoms with E-state index in [9.17, 15) is 35.7 Å². The van der Waals surface area contributed by atoms with Crippen LogP contribution in [0, 0.1) is 12.3 Å². The maximum Gasteiger partial charge on any atom is 0.187 e. The molecule has 0 unspecified atom stereocenters. The summed E-state index contributed by atoms with van der Waals surface area (Å²) in [4.78, 5) is 1.77. The molecular formula is C24H33NO10. The van der Waals surface area contributed by atoms with Crippen molar-refractivity contribution < 1.29 is 50.0 Å². The summed E-state index contributed by atoms with van der Waals surface area (Å²) < 4.78 is 17.0. The van der Waals surface area contributed by atoms with Crippen molar-refractivity contribution >= 4 is 0 Å². The molecule has 7 N–H and O–H groups in total. The highest BCUT2D eigenvalue weighted by Crippen LogP contribution is 2.39. The minimum Gasteiger partial charge on any atom is -0.394 e. The van der Waals surface area contributed by atoms with Crippen molar-refractivity contribution in [2.45, 2.75) is 80.2 Å². The van der Waals surface area contributed by atoms with Crippen LogP contribution in [-0.4, -0.2) is 122 Å². The van der Waals surface area contributed by atoms with Crippen molar-refractivity contribution in [2.75, 3.05) is 19.8 Å². The summed E-state index contributed by atoms with van der Waals surface area (Å²) in [5.41, 5.74) is 2.21. The predicted molar refractivity (Wildman–Crippen MR) is 119 cm³/mol. The van der Waals surface area contributed by atoms with E-state index in [1.165, 1.54) is 0 Å². The molecule has 0 bridgehead atoms. The predicted octanol–water partition coefficient (Wildman–Crippen LogP) is -2.77. The molecule has 1 aromatic carbocycles. The van der Waals surface area contributed by atoms with Crippen LogP contribution in [0.1, 0.15) is 23.6 Å². The lowest BCUT2D eigenvalue weighted by molar-refractivity contribution is -0.349. The topological polar surface area (TPSA) is 173 Å². The lowest BCUT2D eigenvalue weighted by Crippen LogP contribution is -2.66. The number of hydrogen-bond acceptors (Lipinski definition) is 11. The molecule has 0 saturated carbocycles. The SMILES string of the molecule is [13CH]#[13C][13CH2]N([C@@H]1CCc2ccccc21)[C@@H]1O[C@H](CO)[C@@H](O[C@@H]2O[C@H](CO)[C@H](O)[C@H](O)[C@H]2O)[C@H](O)[C@H]1O. The van der Waals surface area contributed by atoms with Crippen LogP contribution in [0.2, 0.25) is 0 Å². The van der Waals surface area contributed by atoms with Crippen molar-refractivity contribution in [1.82, 2.24) is 4.90 Å². The zero-order valence-electron chi connectivity index (χ0n) is 19.1. The molecule has 0 amide bonds. The van der Waals surface area contributed by atoms with Gasteiger partial charge in [0.1, 0.15) is 55.1 Å². The normalized spacial score (nSPS) is 41.5. The van der Waals surface area contributed by atoms with E-state index in [0.717, 1.165) is 24.0 Å². The van der Waals surface area contributed by atoms with Crippen LogP contribution < -0.4 is 0 Å². The van der Waals surface area contributed by atoms with Crippen molar-refractivity contribution in [3.63, 3.8) is 0 Å². The number of ether oxygens (including phenoxy) is 3. The zero-order valence-corrected chi connectivity index (χ0v) is 19.1. The van der Waals surface area contributed by atoms with E-state index < -0.39 is 74.6 Å². The second-order valence-corrected chi connectivity index (χ2v) is 9.16. The monoisotopic (exact) mass is 498 g/mol. The summed E-state index contributed by atoms with van der Waals surface area (Å²) in [6.45, 7) is -1.15. The van der Waals surface area contributed by atoms with E-state index in [-0.39, 0.29) is 12.6 Å². The third kappa shape index (κ3) is 4.98. The highest BCUT2D eigenvalue weighted by atomic mass is 16.7. The lowest BCUT2D eigenvalue weighted by atomic mass is 9.95. The summed E-state index contributed by atoms with van der Waals surface area (Å²) in [6, 6.07) is 7.70. The number of benzene rings is 1. The number of rotatable bonds is 7. The van der Waals surface area contributed by atoms with Gasteiger partial charge in [0, 0.05) is 6.04 Å². The third-order valence-corrected chi connectivity index (χ3v) is 7.08. The molecule has 2 aliphatic heterocycles. The minimum absolute atomic E-state index is 0.115. The molecule has 3 aliphatic rings. The first-order valence-electron chi connectivity index (χ1n) is 11.7. The zero-order chi connectivity index (χ0) is 25.3. The van der Waals surface area contributed by atoms with E-state index in [4.69, 9.17) is 20.6 Å². The van der Waals surface area contributed by atoms with Crippen molar-refractivity contribution in [2.24, 2.45) is 0 Å². The lowest BCUT2D eigenvalue weighted by Gasteiger charge is -2.49. The molecule has 35 heavy (non-hydrogen) atoms. The van der Waals surface area contributed by atoms with E-state index in [1.54, 1.807) is 4.90 Å². The number of nitrogens with zero attached hydrogens (tertiary/aromatic N) is 1. The van der Waals surface area contributed by atoms with Crippen molar-refractivity contribution in [3.05, 3.63) is 35.4 Å². The van der Waals surface area contributed by atoms with Crippen LogP contribution in [0.25, 0.3) is 0 Å². The quantitative estimate of drug-likeness (QED) is 0.153. The molecule has 11 atom stereocenters. The Labute approximate surface area is 203 Å². The maximum absolute atomic E-state index is 11.0. The first-order valence-corrected chi connectivity index (χ1v) is 11.7. The van der Waals surface area contributed by atoms with Gasteiger partial charge in [-0.15, -0.1) is 6.42 Å². The largest absolute Gasteiger partial charge is 0.394 e. The minimum atomic E-state index is -1.72. The summed E-state index contributed by atoms with van der Waals surface area (Å²) in [5.74, 6) is 2.58. The summed E-state index contributed by atoms with van der Waals surface area (Å²) in [5, 5.41) is 71.7. The summed E-state index contributed by atoms with van der Waals surface area (Å²) in [6.07, 6.45) is -7.30. The molecule has 4 rings (SSSR count). The Balaban J connectivity index is 1.54. The van der Waals surface area contributed by atoms with Crippen LogP contribution in [0.3, 0.4) is 0 Å². The van der Waals surface area contributed by atoms with Crippen molar-refractivity contribution in [1.29, 1.82) is 0 Å². The second-order valence-electron chi connectivity index (χ2n) is 9.16. The molecule has 194 valence electrons. The van der Waals surface area contributed by atoms with Crippen LogP contribution in [-0.2, 0) is 20.6 Å². The molecule has 2 saturated heterocycles. The van der Waals surface area contributed by atoms with Gasteiger partial charge in [0.25, 0.3) is 0 Å². The first-order chi connectivity index (χ1) is 16.8. The van der Waals surface area contributed by atoms with Gasteiger partial charge in [-0.3, -0.25) is 4.90 Å². The highest BCUT2D eigenvalue weighted by molar-refractivity contribution is 5.34. The number of fused-ring (bicyclic) bond motifs is 1. The van der Waals surface area contributed by atoms with Gasteiger partial charge in [-0.1, -0.05) is 30.2 Å². The van der Waals surface area contributed by atoms with Gasteiger partial charge < -0.3 is 50.0 Å². The smallest absolute Gasteiger partial charge is 0.187 e. The van der Waals surface area contributed by atoms with E-state index in [0.29, 0.717) is 0 Å². The summed E-state index contributed by atoms with van der Waals surface area (Å²) >= 11 is 0. The number of aliphatic hydroxyl groups is 7. The van der Waals surface area contributed by atoms with Crippen LogP contribution >= 0.6 is 0 Å². The van der Waals surface area contributed by atoms with E-state index >= 15 is 0 Å². The Morgan fingerprint density at radius 1 is 0.914 bits per heavy atom. The fraction of sp³-hybridized carbons (Fsp3) is 0.667. The molecule has 2 fully saturated rings. The fourth-order valence-corrected chi connectivity index (χ4v) is 5.21. The Kier molecular flexibility index (Phi) is 8.42. The van der Waals surface area contributed by atoms with Crippen molar-refractivity contribution in [3.8, 4) is 12.3 Å². The maximum atomic E-state index is 11.0. The van der Waals surface area contributed by atoms with Gasteiger partial charge in [0.15, 0.2) is 6.29 Å². The average molecular weight is 499 g/mol. The molecule has 1 aromatic rings. The van der Waals surface area contributed by atoms with Crippen LogP contribution in [0.5, 0.6) is 0 Å². The Morgan fingerprint density at radius 3 is 2.31 bits per heavy atom. The van der Waals surface area contributed by atoms with Crippen LogP contribution in [0.15, 0.2) is 24.3 Å². The van der Waals surface area contributed by atoms with Gasteiger partial charge in [-0.25, -0.2) is 0 Å². The van der Waals surface area contributed by atoms with Crippen LogP contribution in [0.4, 0.5) is 0 Å². The second kappa shape index (κ2) is 11.2. The number of hydrogen-bond donors (Lipinski definition) is 7. The molecule has 11 heteroatoms. The van der Waals surface area contributed by atoms with Gasteiger partial charge in [-0.2, -0.15) is 0 Å². The first kappa shape index (κ1) is 26.4. The number of aryl methyl sites for hydroxylation is 1. The fourth-order valence-electron chi connectivity index (χ4n) is 5.21. The number of terminal acetylenes is 1. The molecular weight excluding hydrogens is 465 g/mol. The van der Waals surface area contributed by atoms with E-state index in [2.05, 4.69) is 5.92 Å². The van der Waals surface area contributed by atoms with Gasteiger partial charge in [-0.05, 0) is 24.0 Å². The average Bonchev–Trinajstić information content (AvgIpc) is 3.30. The molecule has 11 nitrogen and oxygen atoms in total. The molecule has 2 heterocycles. The standard InChI is InChI=1S/C24H33NO10/c1-2-9-25(14-8-7-12-5-3-4-6-13(12)14)23-20(31)19(30)22(16(11-27)33-23)35-24-21(32)18(29)17(28)15(10-26)34-24/h1,3-6,14-24,26-32H,7-11H2/t14-,15-,16-,17+,18+,19-,20-,21-,22-,23-,24+/m1/s1/i1+1,2+1,9+1. The Bertz CT molecular complexity index is 891. The third-order valence-electron chi connectivity index (χ3n) is 7.08. The molecule has 0 aromatic heterocycles. The Morgan fingerprint density at radius 2 is 1.63 bits per heavy atom. The number of aliphatic hydroxyl groups excluding tert-OH is 7. The van der Waals surface area contributed by atoms with E-state index in [1.807, 2.05) is 24.3 Å². The Hall–Kier alpha value is -1.66. The molecule has 0 spiro atoms. The van der Waals surface area contributed by atoms with Gasteiger partial charge in [0.05, 0.1) is 19.8 Å². The van der Waals surface area contributed by atoms with Gasteiger partial charge in [0.2, 0.25) is 0 Å². The molecule has 0 radical (unpaired) electrons.